The van der Waals surface area contributed by atoms with Crippen LogP contribution in [0.2, 0.25) is 0 Å². The first kappa shape index (κ1) is 15.9. The van der Waals surface area contributed by atoms with Crippen LogP contribution >= 0.6 is 15.9 Å². The molecule has 2 N–H and O–H groups in total. The van der Waals surface area contributed by atoms with Crippen LogP contribution < -0.4 is 10.5 Å². The second-order valence-corrected chi connectivity index (χ2v) is 5.42. The van der Waals surface area contributed by atoms with Crippen molar-refractivity contribution in [3.05, 3.63) is 63.4 Å². The van der Waals surface area contributed by atoms with Gasteiger partial charge in [-0.15, -0.1) is 0 Å². The molecule has 0 saturated carbocycles. The van der Waals surface area contributed by atoms with E-state index in [-0.39, 0.29) is 10.9 Å². The van der Waals surface area contributed by atoms with Gasteiger partial charge < -0.3 is 10.5 Å². The Labute approximate surface area is 128 Å². The molecule has 0 saturated heterocycles. The molecule has 0 amide bonds. The molecule has 112 valence electrons. The van der Waals surface area contributed by atoms with Crippen molar-refractivity contribution in [3.63, 3.8) is 0 Å². The van der Waals surface area contributed by atoms with Gasteiger partial charge in [0.05, 0.1) is 11.6 Å². The van der Waals surface area contributed by atoms with Crippen molar-refractivity contribution in [1.29, 1.82) is 0 Å². The lowest BCUT2D eigenvalue weighted by molar-refractivity contribution is 0.401. The van der Waals surface area contributed by atoms with Gasteiger partial charge in [0.15, 0.2) is 11.6 Å². The normalized spacial score (nSPS) is 12.3. The predicted molar refractivity (Wildman–Crippen MR) is 77.6 cm³/mol. The number of hydrogen-bond donors (Lipinski definition) is 1. The van der Waals surface area contributed by atoms with E-state index >= 15 is 0 Å². The van der Waals surface area contributed by atoms with Crippen LogP contribution in [0.1, 0.15) is 17.2 Å². The van der Waals surface area contributed by atoms with Gasteiger partial charge in [-0.3, -0.25) is 0 Å². The van der Waals surface area contributed by atoms with Crippen LogP contribution in [-0.2, 0) is 6.42 Å². The number of benzene rings is 2. The third-order valence-corrected chi connectivity index (χ3v) is 3.72. The van der Waals surface area contributed by atoms with Crippen molar-refractivity contribution < 1.29 is 17.9 Å². The van der Waals surface area contributed by atoms with Crippen LogP contribution in [0.25, 0.3) is 0 Å². The summed E-state index contributed by atoms with van der Waals surface area (Å²) < 4.78 is 44.9. The van der Waals surface area contributed by atoms with Crippen LogP contribution in [0.4, 0.5) is 13.2 Å². The Morgan fingerprint density at radius 1 is 1.10 bits per heavy atom. The quantitative estimate of drug-likeness (QED) is 0.891. The van der Waals surface area contributed by atoms with Crippen molar-refractivity contribution in [3.8, 4) is 5.75 Å². The zero-order chi connectivity index (χ0) is 15.6. The van der Waals surface area contributed by atoms with Crippen LogP contribution in [0, 0.1) is 17.5 Å². The maximum absolute atomic E-state index is 13.5. The molecule has 2 aromatic carbocycles. The Kier molecular flexibility index (Phi) is 4.90. The van der Waals surface area contributed by atoms with Crippen molar-refractivity contribution in [2.75, 3.05) is 7.11 Å². The zero-order valence-corrected chi connectivity index (χ0v) is 12.8. The standard InChI is InChI=1S/C15H13BrF3NO/c1-21-15-7-12(18)10(16)6-9(15)14(20)5-8-2-3-11(17)13(19)4-8/h2-4,6-7,14H,5,20H2,1H3. The van der Waals surface area contributed by atoms with Gasteiger partial charge in [-0.25, -0.2) is 13.2 Å². The molecular weight excluding hydrogens is 347 g/mol. The number of nitrogens with two attached hydrogens (primary N) is 1. The summed E-state index contributed by atoms with van der Waals surface area (Å²) in [7, 11) is 1.41. The zero-order valence-electron chi connectivity index (χ0n) is 11.2. The summed E-state index contributed by atoms with van der Waals surface area (Å²) in [5.74, 6) is -1.98. The van der Waals surface area contributed by atoms with Gasteiger partial charge in [0.25, 0.3) is 0 Å². The van der Waals surface area contributed by atoms with E-state index in [0.29, 0.717) is 16.9 Å². The first-order valence-corrected chi connectivity index (χ1v) is 6.94. The minimum Gasteiger partial charge on any atom is -0.496 e. The van der Waals surface area contributed by atoms with E-state index in [1.807, 2.05) is 0 Å². The molecule has 0 aliphatic rings. The fraction of sp³-hybridized carbons (Fsp3) is 0.200. The van der Waals surface area contributed by atoms with Crippen molar-refractivity contribution in [1.82, 2.24) is 0 Å². The third-order valence-electron chi connectivity index (χ3n) is 3.11. The summed E-state index contributed by atoms with van der Waals surface area (Å²) in [4.78, 5) is 0. The highest BCUT2D eigenvalue weighted by atomic mass is 79.9. The minimum absolute atomic E-state index is 0.263. The summed E-state index contributed by atoms with van der Waals surface area (Å²) in [6, 6.07) is 5.82. The lowest BCUT2D eigenvalue weighted by Gasteiger charge is -2.17. The van der Waals surface area contributed by atoms with Gasteiger partial charge in [0.1, 0.15) is 11.6 Å². The fourth-order valence-corrected chi connectivity index (χ4v) is 2.40. The third kappa shape index (κ3) is 3.57. The molecule has 0 aliphatic heterocycles. The van der Waals surface area contributed by atoms with Gasteiger partial charge in [0.2, 0.25) is 0 Å². The van der Waals surface area contributed by atoms with Gasteiger partial charge in [-0.05, 0) is 46.1 Å². The highest BCUT2D eigenvalue weighted by Crippen LogP contribution is 2.31. The Morgan fingerprint density at radius 3 is 2.43 bits per heavy atom. The molecule has 0 aromatic heterocycles. The van der Waals surface area contributed by atoms with E-state index in [2.05, 4.69) is 15.9 Å². The first-order valence-electron chi connectivity index (χ1n) is 6.14. The molecule has 2 rings (SSSR count). The van der Waals surface area contributed by atoms with Gasteiger partial charge in [-0.2, -0.15) is 0 Å². The second kappa shape index (κ2) is 6.49. The van der Waals surface area contributed by atoms with E-state index in [1.54, 1.807) is 0 Å². The van der Waals surface area contributed by atoms with Gasteiger partial charge in [0, 0.05) is 17.7 Å². The minimum atomic E-state index is -0.924. The van der Waals surface area contributed by atoms with Crippen LogP contribution in [0.3, 0.4) is 0 Å². The summed E-state index contributed by atoms with van der Waals surface area (Å²) in [6.07, 6.45) is 0.269. The maximum Gasteiger partial charge on any atom is 0.159 e. The summed E-state index contributed by atoms with van der Waals surface area (Å²) in [5, 5.41) is 0. The molecule has 0 spiro atoms. The molecule has 0 radical (unpaired) electrons. The lowest BCUT2D eigenvalue weighted by Crippen LogP contribution is -2.15. The Morgan fingerprint density at radius 2 is 1.81 bits per heavy atom. The van der Waals surface area contributed by atoms with E-state index in [0.717, 1.165) is 12.1 Å². The van der Waals surface area contributed by atoms with E-state index in [9.17, 15) is 13.2 Å². The van der Waals surface area contributed by atoms with E-state index in [4.69, 9.17) is 10.5 Å². The SMILES string of the molecule is COc1cc(F)c(Br)cc1C(N)Cc1ccc(F)c(F)c1. The molecular formula is C15H13BrF3NO. The molecule has 21 heavy (non-hydrogen) atoms. The summed E-state index contributed by atoms with van der Waals surface area (Å²) >= 11 is 3.09. The highest BCUT2D eigenvalue weighted by Gasteiger charge is 2.16. The molecule has 0 aliphatic carbocycles. The smallest absolute Gasteiger partial charge is 0.159 e. The van der Waals surface area contributed by atoms with E-state index < -0.39 is 23.5 Å². The first-order chi connectivity index (χ1) is 9.92. The van der Waals surface area contributed by atoms with Gasteiger partial charge >= 0.3 is 0 Å². The lowest BCUT2D eigenvalue weighted by atomic mass is 9.98. The highest BCUT2D eigenvalue weighted by molar-refractivity contribution is 9.10. The number of hydrogen-bond acceptors (Lipinski definition) is 2. The molecule has 2 aromatic rings. The maximum atomic E-state index is 13.5. The Bertz CT molecular complexity index is 664. The molecule has 0 fully saturated rings. The van der Waals surface area contributed by atoms with Crippen molar-refractivity contribution in [2.45, 2.75) is 12.5 Å². The average Bonchev–Trinajstić information content (AvgIpc) is 2.45. The number of ether oxygens (including phenoxy) is 1. The molecule has 2 nitrogen and oxygen atoms in total. The van der Waals surface area contributed by atoms with Crippen molar-refractivity contribution >= 4 is 15.9 Å². The molecule has 0 bridgehead atoms. The predicted octanol–water partition coefficient (Wildman–Crippen LogP) is 4.12. The monoisotopic (exact) mass is 359 g/mol. The van der Waals surface area contributed by atoms with E-state index in [1.165, 1.54) is 25.3 Å². The summed E-state index contributed by atoms with van der Waals surface area (Å²) in [5.41, 5.74) is 7.20. The second-order valence-electron chi connectivity index (χ2n) is 4.57. The topological polar surface area (TPSA) is 35.2 Å². The molecule has 1 atom stereocenters. The Balaban J connectivity index is 2.29. The number of rotatable bonds is 4. The summed E-state index contributed by atoms with van der Waals surface area (Å²) in [6.45, 7) is 0. The molecule has 0 heterocycles. The van der Waals surface area contributed by atoms with Crippen LogP contribution in [0.15, 0.2) is 34.8 Å². The van der Waals surface area contributed by atoms with Crippen LogP contribution in [0.5, 0.6) is 5.75 Å². The fourth-order valence-electron chi connectivity index (χ4n) is 2.04. The van der Waals surface area contributed by atoms with Crippen molar-refractivity contribution in [2.24, 2.45) is 5.73 Å². The Hall–Kier alpha value is -1.53. The molecule has 1 unspecified atom stereocenters. The average molecular weight is 360 g/mol. The molecule has 6 heteroatoms. The van der Waals surface area contributed by atoms with Crippen LogP contribution in [-0.4, -0.2) is 7.11 Å². The number of halogens is 4. The van der Waals surface area contributed by atoms with Gasteiger partial charge in [-0.1, -0.05) is 6.07 Å². The number of methoxy groups -OCH3 is 1. The largest absolute Gasteiger partial charge is 0.496 e.